The molecule has 25 heavy (non-hydrogen) atoms. The summed E-state index contributed by atoms with van der Waals surface area (Å²) in [6.45, 7) is 3.83. The molecule has 0 spiro atoms. The van der Waals surface area contributed by atoms with Gasteiger partial charge >= 0.3 is 5.97 Å². The normalized spacial score (nSPS) is 13.8. The molecule has 0 saturated carbocycles. The lowest BCUT2D eigenvalue weighted by atomic mass is 9.96. The number of carbonyl (C=O) groups is 2. The van der Waals surface area contributed by atoms with Gasteiger partial charge in [0.1, 0.15) is 11.4 Å². The first-order chi connectivity index (χ1) is 12.0. The highest BCUT2D eigenvalue weighted by molar-refractivity contribution is 6.14. The molecular weight excluding hydrogens is 318 g/mol. The van der Waals surface area contributed by atoms with Gasteiger partial charge in [-0.05, 0) is 32.0 Å². The van der Waals surface area contributed by atoms with Gasteiger partial charge < -0.3 is 9.47 Å². The fourth-order valence-electron chi connectivity index (χ4n) is 2.79. The van der Waals surface area contributed by atoms with Crippen molar-refractivity contribution in [1.29, 1.82) is 0 Å². The van der Waals surface area contributed by atoms with Gasteiger partial charge in [-0.2, -0.15) is 0 Å². The first-order valence-corrected chi connectivity index (χ1v) is 8.03. The monoisotopic (exact) mass is 337 g/mol. The van der Waals surface area contributed by atoms with Crippen LogP contribution in [-0.2, 0) is 9.53 Å². The van der Waals surface area contributed by atoms with Crippen LogP contribution in [-0.4, -0.2) is 29.9 Å². The summed E-state index contributed by atoms with van der Waals surface area (Å²) in [5, 5.41) is 0. The van der Waals surface area contributed by atoms with E-state index in [2.05, 4.69) is 0 Å². The van der Waals surface area contributed by atoms with Crippen LogP contribution in [0.5, 0.6) is 5.75 Å². The molecule has 128 valence electrons. The summed E-state index contributed by atoms with van der Waals surface area (Å²) in [7, 11) is 1.33. The highest BCUT2D eigenvalue weighted by atomic mass is 16.5. The standard InChI is InChI=1S/C20H19NO4/c1-13(2)21-17(15-11-7-8-12-16(15)20(23)24-3)18(19(21)22)25-14-9-5-4-6-10-14/h4-13H,1-3H3. The Hall–Kier alpha value is -3.08. The van der Waals surface area contributed by atoms with E-state index >= 15 is 0 Å². The average Bonchev–Trinajstić information content (AvgIpc) is 2.63. The van der Waals surface area contributed by atoms with E-state index in [4.69, 9.17) is 9.47 Å². The molecule has 0 atom stereocenters. The van der Waals surface area contributed by atoms with Crippen molar-refractivity contribution in [3.8, 4) is 5.75 Å². The maximum atomic E-state index is 12.6. The van der Waals surface area contributed by atoms with Crippen LogP contribution in [0.2, 0.25) is 0 Å². The Balaban J connectivity index is 2.11. The molecular formula is C20H19NO4. The van der Waals surface area contributed by atoms with Gasteiger partial charge in [0.2, 0.25) is 5.76 Å². The molecule has 1 amide bonds. The van der Waals surface area contributed by atoms with Crippen molar-refractivity contribution in [2.24, 2.45) is 0 Å². The number of esters is 1. The van der Waals surface area contributed by atoms with Gasteiger partial charge in [-0.25, -0.2) is 4.79 Å². The molecule has 3 rings (SSSR count). The second-order valence-corrected chi connectivity index (χ2v) is 5.90. The van der Waals surface area contributed by atoms with E-state index in [0.717, 1.165) is 0 Å². The number of benzene rings is 2. The predicted molar refractivity (Wildman–Crippen MR) is 93.8 cm³/mol. The van der Waals surface area contributed by atoms with E-state index in [1.165, 1.54) is 7.11 Å². The van der Waals surface area contributed by atoms with Crippen LogP contribution in [0.1, 0.15) is 29.8 Å². The summed E-state index contributed by atoms with van der Waals surface area (Å²) >= 11 is 0. The molecule has 2 aromatic carbocycles. The van der Waals surface area contributed by atoms with Crippen molar-refractivity contribution in [3.63, 3.8) is 0 Å². The minimum atomic E-state index is -0.454. The molecule has 1 aliphatic heterocycles. The second kappa shape index (κ2) is 6.81. The SMILES string of the molecule is COC(=O)c1ccccc1C1=C(Oc2ccccc2)C(=O)N1C(C)C. The number of rotatable bonds is 5. The molecule has 0 unspecified atom stereocenters. The van der Waals surface area contributed by atoms with Crippen molar-refractivity contribution in [2.45, 2.75) is 19.9 Å². The van der Waals surface area contributed by atoms with Gasteiger partial charge in [-0.15, -0.1) is 0 Å². The topological polar surface area (TPSA) is 55.8 Å². The number of amides is 1. The smallest absolute Gasteiger partial charge is 0.338 e. The van der Waals surface area contributed by atoms with Crippen LogP contribution in [0.4, 0.5) is 0 Å². The predicted octanol–water partition coefficient (Wildman–Crippen LogP) is 3.47. The maximum Gasteiger partial charge on any atom is 0.338 e. The third-order valence-corrected chi connectivity index (χ3v) is 3.94. The summed E-state index contributed by atoms with van der Waals surface area (Å²) in [5.74, 6) is 0.150. The molecule has 0 fully saturated rings. The zero-order valence-corrected chi connectivity index (χ0v) is 14.4. The number of carbonyl (C=O) groups excluding carboxylic acids is 2. The molecule has 5 nitrogen and oxygen atoms in total. The molecule has 1 heterocycles. The molecule has 5 heteroatoms. The van der Waals surface area contributed by atoms with Crippen molar-refractivity contribution in [1.82, 2.24) is 4.90 Å². The number of methoxy groups -OCH3 is 1. The average molecular weight is 337 g/mol. The van der Waals surface area contributed by atoms with Crippen LogP contribution in [0, 0.1) is 0 Å². The lowest BCUT2D eigenvalue weighted by Gasteiger charge is -2.39. The highest BCUT2D eigenvalue weighted by Gasteiger charge is 2.42. The number of para-hydroxylation sites is 1. The summed E-state index contributed by atoms with van der Waals surface area (Å²) in [6.07, 6.45) is 0. The van der Waals surface area contributed by atoms with E-state index in [-0.39, 0.29) is 17.7 Å². The second-order valence-electron chi connectivity index (χ2n) is 5.90. The van der Waals surface area contributed by atoms with Crippen LogP contribution < -0.4 is 4.74 Å². The Bertz CT molecular complexity index is 840. The Morgan fingerprint density at radius 3 is 2.28 bits per heavy atom. The molecule has 0 aliphatic carbocycles. The third kappa shape index (κ3) is 3.01. The summed E-state index contributed by atoms with van der Waals surface area (Å²) in [5.41, 5.74) is 1.62. The maximum absolute atomic E-state index is 12.6. The van der Waals surface area contributed by atoms with E-state index in [1.54, 1.807) is 35.2 Å². The fourth-order valence-corrected chi connectivity index (χ4v) is 2.79. The largest absolute Gasteiger partial charge is 0.465 e. The van der Waals surface area contributed by atoms with Crippen LogP contribution in [0.3, 0.4) is 0 Å². The van der Waals surface area contributed by atoms with E-state index < -0.39 is 5.97 Å². The van der Waals surface area contributed by atoms with Gasteiger partial charge in [0.25, 0.3) is 5.91 Å². The zero-order chi connectivity index (χ0) is 18.0. The number of ether oxygens (including phenoxy) is 2. The first-order valence-electron chi connectivity index (χ1n) is 8.03. The lowest BCUT2D eigenvalue weighted by Crippen LogP contribution is -2.47. The van der Waals surface area contributed by atoms with Crippen molar-refractivity contribution >= 4 is 17.6 Å². The summed E-state index contributed by atoms with van der Waals surface area (Å²) in [4.78, 5) is 26.3. The van der Waals surface area contributed by atoms with Gasteiger partial charge in [0, 0.05) is 11.6 Å². The van der Waals surface area contributed by atoms with Crippen LogP contribution in [0.25, 0.3) is 5.70 Å². The van der Waals surface area contributed by atoms with Crippen LogP contribution >= 0.6 is 0 Å². The minimum Gasteiger partial charge on any atom is -0.465 e. The minimum absolute atomic E-state index is 0.0590. The van der Waals surface area contributed by atoms with Gasteiger partial charge in [0.05, 0.1) is 12.7 Å². The van der Waals surface area contributed by atoms with Gasteiger partial charge in [-0.1, -0.05) is 36.4 Å². The quantitative estimate of drug-likeness (QED) is 0.784. The number of hydrogen-bond acceptors (Lipinski definition) is 4. The fraction of sp³-hybridized carbons (Fsp3) is 0.200. The Labute approximate surface area is 146 Å². The number of nitrogens with zero attached hydrogens (tertiary/aromatic N) is 1. The molecule has 2 aromatic rings. The Morgan fingerprint density at radius 1 is 1.00 bits per heavy atom. The van der Waals surface area contributed by atoms with E-state index in [1.807, 2.05) is 38.1 Å². The molecule has 0 saturated heterocycles. The van der Waals surface area contributed by atoms with E-state index in [0.29, 0.717) is 22.6 Å². The molecule has 0 bridgehead atoms. The van der Waals surface area contributed by atoms with Gasteiger partial charge in [-0.3, -0.25) is 9.69 Å². The first kappa shape index (κ1) is 16.8. The molecule has 0 N–H and O–H groups in total. The zero-order valence-electron chi connectivity index (χ0n) is 14.4. The Kier molecular flexibility index (Phi) is 4.57. The van der Waals surface area contributed by atoms with Gasteiger partial charge in [0.15, 0.2) is 0 Å². The van der Waals surface area contributed by atoms with E-state index in [9.17, 15) is 9.59 Å². The summed E-state index contributed by atoms with van der Waals surface area (Å²) < 4.78 is 10.7. The number of hydrogen-bond donors (Lipinski definition) is 0. The molecule has 1 aliphatic rings. The van der Waals surface area contributed by atoms with Crippen LogP contribution in [0.15, 0.2) is 60.4 Å². The molecule has 0 radical (unpaired) electrons. The van der Waals surface area contributed by atoms with Crippen molar-refractivity contribution in [3.05, 3.63) is 71.5 Å². The third-order valence-electron chi connectivity index (χ3n) is 3.94. The highest BCUT2D eigenvalue weighted by Crippen LogP contribution is 2.38. The lowest BCUT2D eigenvalue weighted by molar-refractivity contribution is -0.130. The van der Waals surface area contributed by atoms with Crippen molar-refractivity contribution in [2.75, 3.05) is 7.11 Å². The summed E-state index contributed by atoms with van der Waals surface area (Å²) in [6, 6.07) is 16.1. The van der Waals surface area contributed by atoms with Crippen molar-refractivity contribution < 1.29 is 19.1 Å². The Morgan fingerprint density at radius 2 is 1.64 bits per heavy atom. The molecule has 0 aromatic heterocycles.